The third-order valence-electron chi connectivity index (χ3n) is 4.36. The van der Waals surface area contributed by atoms with Gasteiger partial charge in [-0.2, -0.15) is 0 Å². The average Bonchev–Trinajstić information content (AvgIpc) is 2.41. The molecule has 120 valence electrons. The zero-order chi connectivity index (χ0) is 16.0. The van der Waals surface area contributed by atoms with E-state index in [0.29, 0.717) is 11.7 Å². The summed E-state index contributed by atoms with van der Waals surface area (Å²) in [6.45, 7) is 13.5. The minimum absolute atomic E-state index is 0.391. The normalized spacial score (nSPS) is 12.7. The van der Waals surface area contributed by atoms with Crippen molar-refractivity contribution in [3.8, 4) is 11.5 Å². The van der Waals surface area contributed by atoms with Gasteiger partial charge >= 0.3 is 0 Å². The summed E-state index contributed by atoms with van der Waals surface area (Å²) in [5.74, 6) is 2.82. The Morgan fingerprint density at radius 1 is 1.00 bits per heavy atom. The van der Waals surface area contributed by atoms with Crippen LogP contribution in [-0.4, -0.2) is 11.7 Å². The third-order valence-corrected chi connectivity index (χ3v) is 4.36. The van der Waals surface area contributed by atoms with Gasteiger partial charge in [0.15, 0.2) is 0 Å². The second-order valence-corrected chi connectivity index (χ2v) is 6.86. The highest BCUT2D eigenvalue weighted by Crippen LogP contribution is 2.32. The SMILES string of the molecule is Cc1cc(OCCC(C)CCCC(C)C)c(C)c(C)c1O. The lowest BCUT2D eigenvalue weighted by molar-refractivity contribution is 0.273. The van der Waals surface area contributed by atoms with Gasteiger partial charge in [-0.25, -0.2) is 0 Å². The predicted molar refractivity (Wildman–Crippen MR) is 90.3 cm³/mol. The predicted octanol–water partition coefficient (Wildman–Crippen LogP) is 5.55. The molecule has 0 saturated carbocycles. The molecule has 0 aliphatic rings. The van der Waals surface area contributed by atoms with Crippen LogP contribution in [0, 0.1) is 32.6 Å². The largest absolute Gasteiger partial charge is 0.507 e. The van der Waals surface area contributed by atoms with Gasteiger partial charge < -0.3 is 9.84 Å². The van der Waals surface area contributed by atoms with Crippen LogP contribution in [0.25, 0.3) is 0 Å². The fourth-order valence-electron chi connectivity index (χ4n) is 2.57. The quantitative estimate of drug-likeness (QED) is 0.680. The van der Waals surface area contributed by atoms with Gasteiger partial charge in [0.05, 0.1) is 6.61 Å². The number of aromatic hydroxyl groups is 1. The molecule has 0 radical (unpaired) electrons. The van der Waals surface area contributed by atoms with Crippen molar-refractivity contribution in [3.63, 3.8) is 0 Å². The van der Waals surface area contributed by atoms with Gasteiger partial charge in [-0.3, -0.25) is 0 Å². The molecule has 21 heavy (non-hydrogen) atoms. The zero-order valence-electron chi connectivity index (χ0n) is 14.6. The molecule has 0 spiro atoms. The van der Waals surface area contributed by atoms with Crippen LogP contribution < -0.4 is 4.74 Å². The minimum Gasteiger partial charge on any atom is -0.507 e. The van der Waals surface area contributed by atoms with Crippen molar-refractivity contribution in [1.29, 1.82) is 0 Å². The van der Waals surface area contributed by atoms with Gasteiger partial charge in [0, 0.05) is 0 Å². The Morgan fingerprint density at radius 3 is 2.29 bits per heavy atom. The van der Waals surface area contributed by atoms with Crippen molar-refractivity contribution in [1.82, 2.24) is 0 Å². The molecule has 0 bridgehead atoms. The smallest absolute Gasteiger partial charge is 0.122 e. The van der Waals surface area contributed by atoms with Gasteiger partial charge in [-0.05, 0) is 61.8 Å². The summed E-state index contributed by atoms with van der Waals surface area (Å²) in [7, 11) is 0. The first-order valence-electron chi connectivity index (χ1n) is 8.25. The maximum atomic E-state index is 9.91. The summed E-state index contributed by atoms with van der Waals surface area (Å²) in [5, 5.41) is 9.91. The van der Waals surface area contributed by atoms with Crippen molar-refractivity contribution < 1.29 is 9.84 Å². The third kappa shape index (κ3) is 5.61. The molecule has 1 aromatic rings. The van der Waals surface area contributed by atoms with Gasteiger partial charge in [0.25, 0.3) is 0 Å². The van der Waals surface area contributed by atoms with Crippen LogP contribution in [0.3, 0.4) is 0 Å². The van der Waals surface area contributed by atoms with E-state index >= 15 is 0 Å². The van der Waals surface area contributed by atoms with E-state index < -0.39 is 0 Å². The Bertz CT molecular complexity index is 449. The molecule has 1 N–H and O–H groups in total. The number of phenolic OH excluding ortho intramolecular Hbond substituents is 1. The van der Waals surface area contributed by atoms with Crippen LogP contribution in [0.1, 0.15) is 63.1 Å². The van der Waals surface area contributed by atoms with Crippen molar-refractivity contribution in [3.05, 3.63) is 22.8 Å². The van der Waals surface area contributed by atoms with Crippen molar-refractivity contribution in [2.45, 2.75) is 67.2 Å². The number of phenols is 1. The average molecular weight is 292 g/mol. The lowest BCUT2D eigenvalue weighted by Crippen LogP contribution is -2.06. The van der Waals surface area contributed by atoms with E-state index in [1.54, 1.807) is 0 Å². The van der Waals surface area contributed by atoms with Crippen LogP contribution in [-0.2, 0) is 0 Å². The van der Waals surface area contributed by atoms with Gasteiger partial charge in [-0.15, -0.1) is 0 Å². The van der Waals surface area contributed by atoms with Crippen LogP contribution in [0.2, 0.25) is 0 Å². The number of hydrogen-bond donors (Lipinski definition) is 1. The van der Waals surface area contributed by atoms with E-state index in [-0.39, 0.29) is 0 Å². The number of aryl methyl sites for hydroxylation is 1. The van der Waals surface area contributed by atoms with Gasteiger partial charge in [0.1, 0.15) is 11.5 Å². The Morgan fingerprint density at radius 2 is 1.67 bits per heavy atom. The molecule has 0 aliphatic heterocycles. The second-order valence-electron chi connectivity index (χ2n) is 6.86. The topological polar surface area (TPSA) is 29.5 Å². The summed E-state index contributed by atoms with van der Waals surface area (Å²) in [6, 6.07) is 1.95. The van der Waals surface area contributed by atoms with Crippen molar-refractivity contribution >= 4 is 0 Å². The molecule has 0 aromatic heterocycles. The molecule has 1 rings (SSSR count). The van der Waals surface area contributed by atoms with Crippen LogP contribution in [0.5, 0.6) is 11.5 Å². The summed E-state index contributed by atoms with van der Waals surface area (Å²) in [5.41, 5.74) is 2.86. The maximum absolute atomic E-state index is 9.91. The van der Waals surface area contributed by atoms with E-state index in [9.17, 15) is 5.11 Å². The Kier molecular flexibility index (Phi) is 7.07. The second kappa shape index (κ2) is 8.31. The van der Waals surface area contributed by atoms with E-state index in [4.69, 9.17) is 4.74 Å². The minimum atomic E-state index is 0.391. The molecule has 1 unspecified atom stereocenters. The molecule has 1 atom stereocenters. The number of rotatable bonds is 8. The molecule has 0 saturated heterocycles. The van der Waals surface area contributed by atoms with Gasteiger partial charge in [-0.1, -0.05) is 40.0 Å². The Balaban J connectivity index is 2.42. The molecular formula is C19H32O2. The summed E-state index contributed by atoms with van der Waals surface area (Å²) >= 11 is 0. The van der Waals surface area contributed by atoms with Crippen LogP contribution in [0.15, 0.2) is 6.07 Å². The standard InChI is InChI=1S/C19H32O2/c1-13(2)8-7-9-14(3)10-11-21-18-12-15(4)19(20)17(6)16(18)5/h12-14,20H,7-11H2,1-6H3. The molecule has 0 aliphatic carbocycles. The molecule has 2 nitrogen and oxygen atoms in total. The first kappa shape index (κ1) is 17.9. The highest BCUT2D eigenvalue weighted by molar-refractivity contribution is 5.51. The number of ether oxygens (including phenoxy) is 1. The highest BCUT2D eigenvalue weighted by Gasteiger charge is 2.11. The molecule has 2 heteroatoms. The monoisotopic (exact) mass is 292 g/mol. The Hall–Kier alpha value is -1.18. The van der Waals surface area contributed by atoms with E-state index in [1.165, 1.54) is 19.3 Å². The number of benzene rings is 1. The van der Waals surface area contributed by atoms with Crippen molar-refractivity contribution in [2.24, 2.45) is 11.8 Å². The number of hydrogen-bond acceptors (Lipinski definition) is 2. The molecular weight excluding hydrogens is 260 g/mol. The van der Waals surface area contributed by atoms with E-state index in [2.05, 4.69) is 20.8 Å². The molecule has 1 aromatic carbocycles. The van der Waals surface area contributed by atoms with Crippen molar-refractivity contribution in [2.75, 3.05) is 6.61 Å². The van der Waals surface area contributed by atoms with Crippen LogP contribution in [0.4, 0.5) is 0 Å². The first-order chi connectivity index (χ1) is 9.82. The fraction of sp³-hybridized carbons (Fsp3) is 0.684. The lowest BCUT2D eigenvalue weighted by atomic mass is 9.97. The fourth-order valence-corrected chi connectivity index (χ4v) is 2.57. The first-order valence-corrected chi connectivity index (χ1v) is 8.25. The van der Waals surface area contributed by atoms with Gasteiger partial charge in [0.2, 0.25) is 0 Å². The summed E-state index contributed by atoms with van der Waals surface area (Å²) < 4.78 is 5.94. The molecule has 0 heterocycles. The van der Waals surface area contributed by atoms with E-state index in [0.717, 1.165) is 41.4 Å². The summed E-state index contributed by atoms with van der Waals surface area (Å²) in [6.07, 6.45) is 5.01. The highest BCUT2D eigenvalue weighted by atomic mass is 16.5. The molecule has 0 amide bonds. The van der Waals surface area contributed by atoms with Crippen LogP contribution >= 0.6 is 0 Å². The summed E-state index contributed by atoms with van der Waals surface area (Å²) in [4.78, 5) is 0. The Labute approximate surface area is 130 Å². The lowest BCUT2D eigenvalue weighted by Gasteiger charge is -2.16. The van der Waals surface area contributed by atoms with E-state index in [1.807, 2.05) is 26.8 Å². The maximum Gasteiger partial charge on any atom is 0.122 e. The molecule has 0 fully saturated rings. The zero-order valence-corrected chi connectivity index (χ0v) is 14.6.